The predicted molar refractivity (Wildman–Crippen MR) is 128 cm³/mol. The van der Waals surface area contributed by atoms with E-state index in [1.54, 1.807) is 0 Å². The molecular formula is C28H33NO4. The van der Waals surface area contributed by atoms with Crippen molar-refractivity contribution in [3.05, 3.63) is 71.6 Å². The van der Waals surface area contributed by atoms with E-state index in [1.807, 2.05) is 70.2 Å². The largest absolute Gasteiger partial charge is 0.493 e. The second kappa shape index (κ2) is 9.82. The molecule has 4 rings (SSSR count). The summed E-state index contributed by atoms with van der Waals surface area (Å²) in [5, 5.41) is 0. The van der Waals surface area contributed by atoms with Crippen LogP contribution in [0.25, 0.3) is 11.5 Å². The number of benzene rings is 2. The fraction of sp³-hybridized carbons (Fsp3) is 0.429. The molecule has 5 heteroatoms. The van der Waals surface area contributed by atoms with Gasteiger partial charge in [0.25, 0.3) is 0 Å². The lowest BCUT2D eigenvalue weighted by molar-refractivity contribution is -0.160. The second-order valence-electron chi connectivity index (χ2n) is 9.73. The molecule has 0 amide bonds. The summed E-state index contributed by atoms with van der Waals surface area (Å²) in [6.07, 6.45) is 3.63. The molecule has 2 atom stereocenters. The molecule has 0 saturated heterocycles. The molecule has 5 nitrogen and oxygen atoms in total. The van der Waals surface area contributed by atoms with E-state index >= 15 is 0 Å². The van der Waals surface area contributed by atoms with Crippen molar-refractivity contribution in [1.82, 2.24) is 4.98 Å². The number of aromatic nitrogens is 1. The number of hydrogen-bond acceptors (Lipinski definition) is 5. The van der Waals surface area contributed by atoms with Gasteiger partial charge in [-0.15, -0.1) is 0 Å². The van der Waals surface area contributed by atoms with Crippen molar-refractivity contribution in [1.29, 1.82) is 0 Å². The van der Waals surface area contributed by atoms with Crippen LogP contribution in [0.1, 0.15) is 63.0 Å². The number of aryl methyl sites for hydroxylation is 1. The van der Waals surface area contributed by atoms with Crippen molar-refractivity contribution in [2.45, 2.75) is 64.9 Å². The molecule has 2 aromatic carbocycles. The van der Waals surface area contributed by atoms with Gasteiger partial charge in [0, 0.05) is 12.0 Å². The Morgan fingerprint density at radius 1 is 1.06 bits per heavy atom. The second-order valence-corrected chi connectivity index (χ2v) is 9.73. The molecule has 1 aliphatic carbocycles. The average molecular weight is 448 g/mol. The molecule has 1 aliphatic rings. The molecule has 174 valence electrons. The van der Waals surface area contributed by atoms with E-state index in [1.165, 1.54) is 5.56 Å². The summed E-state index contributed by atoms with van der Waals surface area (Å²) in [6.45, 7) is 8.22. The summed E-state index contributed by atoms with van der Waals surface area (Å²) in [7, 11) is 0. The van der Waals surface area contributed by atoms with E-state index in [-0.39, 0.29) is 17.8 Å². The highest BCUT2D eigenvalue weighted by atomic mass is 16.6. The van der Waals surface area contributed by atoms with Crippen LogP contribution in [-0.4, -0.2) is 23.2 Å². The zero-order valence-electron chi connectivity index (χ0n) is 20.0. The third-order valence-electron chi connectivity index (χ3n) is 6.05. The van der Waals surface area contributed by atoms with Crippen molar-refractivity contribution < 1.29 is 18.7 Å². The minimum absolute atomic E-state index is 0.0649. The normalized spacial score (nSPS) is 18.3. The van der Waals surface area contributed by atoms with Gasteiger partial charge in [-0.2, -0.15) is 0 Å². The van der Waals surface area contributed by atoms with Crippen molar-refractivity contribution >= 4 is 5.97 Å². The van der Waals surface area contributed by atoms with E-state index < -0.39 is 5.60 Å². The van der Waals surface area contributed by atoms with Gasteiger partial charge in [0.1, 0.15) is 17.1 Å². The van der Waals surface area contributed by atoms with E-state index in [9.17, 15) is 4.79 Å². The van der Waals surface area contributed by atoms with Gasteiger partial charge in [0.05, 0.1) is 18.2 Å². The minimum Gasteiger partial charge on any atom is -0.493 e. The Kier molecular flexibility index (Phi) is 6.87. The number of hydrogen-bond donors (Lipinski definition) is 0. The molecule has 1 saturated carbocycles. The molecular weight excluding hydrogens is 414 g/mol. The van der Waals surface area contributed by atoms with Gasteiger partial charge >= 0.3 is 5.97 Å². The van der Waals surface area contributed by atoms with Crippen LogP contribution in [0.5, 0.6) is 5.75 Å². The van der Waals surface area contributed by atoms with Gasteiger partial charge in [-0.05, 0) is 76.3 Å². The number of ether oxygens (including phenoxy) is 2. The van der Waals surface area contributed by atoms with Gasteiger partial charge in [-0.3, -0.25) is 4.79 Å². The minimum atomic E-state index is -0.452. The smallest absolute Gasteiger partial charge is 0.310 e. The number of rotatable bonds is 7. The van der Waals surface area contributed by atoms with Crippen LogP contribution in [0.3, 0.4) is 0 Å². The first-order chi connectivity index (χ1) is 15.8. The van der Waals surface area contributed by atoms with Crippen molar-refractivity contribution in [2.24, 2.45) is 5.92 Å². The maximum atomic E-state index is 12.6. The lowest BCUT2D eigenvalue weighted by Crippen LogP contribution is -2.29. The van der Waals surface area contributed by atoms with Crippen molar-refractivity contribution in [3.63, 3.8) is 0 Å². The Morgan fingerprint density at radius 3 is 2.48 bits per heavy atom. The summed E-state index contributed by atoms with van der Waals surface area (Å²) in [4.78, 5) is 17.3. The molecule has 0 aliphatic heterocycles. The maximum absolute atomic E-state index is 12.6. The van der Waals surface area contributed by atoms with Crippen molar-refractivity contribution in [2.75, 3.05) is 6.61 Å². The highest BCUT2D eigenvalue weighted by Crippen LogP contribution is 2.41. The molecule has 0 radical (unpaired) electrons. The van der Waals surface area contributed by atoms with Gasteiger partial charge < -0.3 is 13.9 Å². The summed E-state index contributed by atoms with van der Waals surface area (Å²) in [6, 6.07) is 18.1. The molecule has 1 heterocycles. The van der Waals surface area contributed by atoms with E-state index in [2.05, 4.69) is 17.1 Å². The molecule has 3 aromatic rings. The SMILES string of the molecule is Cc1oc(-c2ccccc2)nc1CCOc1ccc([C@H]2CCC[C@H]2C(=O)OC(C)(C)C)cc1. The highest BCUT2D eigenvalue weighted by molar-refractivity contribution is 5.74. The first-order valence-corrected chi connectivity index (χ1v) is 11.8. The van der Waals surface area contributed by atoms with Gasteiger partial charge in [-0.1, -0.05) is 36.8 Å². The predicted octanol–water partition coefficient (Wildman–Crippen LogP) is 6.50. The number of esters is 1. The van der Waals surface area contributed by atoms with Crippen LogP contribution in [-0.2, 0) is 16.0 Å². The monoisotopic (exact) mass is 447 g/mol. The van der Waals surface area contributed by atoms with Crippen LogP contribution < -0.4 is 4.74 Å². The van der Waals surface area contributed by atoms with Crippen molar-refractivity contribution in [3.8, 4) is 17.2 Å². The Labute approximate surface area is 196 Å². The fourth-order valence-electron chi connectivity index (χ4n) is 4.46. The Bertz CT molecular complexity index is 1060. The number of nitrogens with zero attached hydrogens (tertiary/aromatic N) is 1. The number of oxazole rings is 1. The zero-order valence-corrected chi connectivity index (χ0v) is 20.0. The molecule has 1 fully saturated rings. The summed E-state index contributed by atoms with van der Waals surface area (Å²) in [5.74, 6) is 2.34. The van der Waals surface area contributed by atoms with Crippen LogP contribution in [0.15, 0.2) is 59.0 Å². The van der Waals surface area contributed by atoms with Gasteiger partial charge in [0.2, 0.25) is 5.89 Å². The van der Waals surface area contributed by atoms with E-state index in [0.717, 1.165) is 42.0 Å². The maximum Gasteiger partial charge on any atom is 0.310 e. The molecule has 0 spiro atoms. The summed E-state index contributed by atoms with van der Waals surface area (Å²) in [5.41, 5.74) is 2.61. The standard InChI is InChI=1S/C28H33NO4/c1-19-25(29-26(32-19)21-9-6-5-7-10-21)17-18-31-22-15-13-20(14-16-22)23-11-8-12-24(23)27(30)33-28(2,3)4/h5-7,9-10,13-16,23-24H,8,11-12,17-18H2,1-4H3/t23-,24-/m1/s1. The van der Waals surface area contributed by atoms with Gasteiger partial charge in [-0.25, -0.2) is 4.98 Å². The lowest BCUT2D eigenvalue weighted by atomic mass is 9.89. The quantitative estimate of drug-likeness (QED) is 0.387. The van der Waals surface area contributed by atoms with Crippen LogP contribution in [0.2, 0.25) is 0 Å². The lowest BCUT2D eigenvalue weighted by Gasteiger charge is -2.25. The number of carbonyl (C=O) groups excluding carboxylic acids is 1. The Balaban J connectivity index is 1.33. The van der Waals surface area contributed by atoms with Crippen LogP contribution >= 0.6 is 0 Å². The molecule has 33 heavy (non-hydrogen) atoms. The average Bonchev–Trinajstić information content (AvgIpc) is 3.41. The van der Waals surface area contributed by atoms with Crippen LogP contribution in [0.4, 0.5) is 0 Å². The molecule has 0 N–H and O–H groups in total. The Hall–Kier alpha value is -3.08. The summed E-state index contributed by atoms with van der Waals surface area (Å²) < 4.78 is 17.5. The molecule has 0 unspecified atom stereocenters. The first kappa shape index (κ1) is 23.1. The topological polar surface area (TPSA) is 61.6 Å². The molecule has 1 aromatic heterocycles. The third-order valence-corrected chi connectivity index (χ3v) is 6.05. The summed E-state index contributed by atoms with van der Waals surface area (Å²) >= 11 is 0. The number of carbonyl (C=O) groups is 1. The van der Waals surface area contributed by atoms with Crippen LogP contribution in [0, 0.1) is 12.8 Å². The highest BCUT2D eigenvalue weighted by Gasteiger charge is 2.36. The zero-order chi connectivity index (χ0) is 23.4. The first-order valence-electron chi connectivity index (χ1n) is 11.8. The van der Waals surface area contributed by atoms with E-state index in [0.29, 0.717) is 18.9 Å². The molecule has 0 bridgehead atoms. The van der Waals surface area contributed by atoms with E-state index in [4.69, 9.17) is 13.9 Å². The third kappa shape index (κ3) is 5.84. The fourth-order valence-corrected chi connectivity index (χ4v) is 4.46. The van der Waals surface area contributed by atoms with Gasteiger partial charge in [0.15, 0.2) is 0 Å². The Morgan fingerprint density at radius 2 is 1.79 bits per heavy atom.